The predicted molar refractivity (Wildman–Crippen MR) is 35.4 cm³/mol. The standard InChI is InChI=1S/C6H12N2/c1-6(7(2)3)8(4)5/h1-2,4H2,3,5H3/q-2. The Bertz CT molecular complexity index is 74.5. The Morgan fingerprint density at radius 3 is 1.50 bits per heavy atom. The molecule has 0 saturated carbocycles. The summed E-state index contributed by atoms with van der Waals surface area (Å²) in [6.07, 6.45) is 0. The highest BCUT2D eigenvalue weighted by Gasteiger charge is 1.83. The van der Waals surface area contributed by atoms with Gasteiger partial charge in [-0.2, -0.15) is 0 Å². The molecule has 0 saturated heterocycles. The number of hydrogen-bond acceptors (Lipinski definition) is 2. The minimum atomic E-state index is 0.796. The third-order valence-electron chi connectivity index (χ3n) is 0.881. The van der Waals surface area contributed by atoms with Gasteiger partial charge < -0.3 is 9.80 Å². The molecule has 0 aromatic rings. The maximum absolute atomic E-state index is 3.68. The van der Waals surface area contributed by atoms with Gasteiger partial charge in [0.1, 0.15) is 0 Å². The Kier molecular flexibility index (Phi) is 2.38. The maximum Gasteiger partial charge on any atom is 0.0358 e. The Morgan fingerprint density at radius 1 is 1.25 bits per heavy atom. The fourth-order valence-electron chi connectivity index (χ4n) is 0.291. The van der Waals surface area contributed by atoms with Gasteiger partial charge in [-0.05, 0) is 14.1 Å². The summed E-state index contributed by atoms with van der Waals surface area (Å²) in [5.41, 5.74) is 0. The van der Waals surface area contributed by atoms with E-state index in [0.717, 1.165) is 5.82 Å². The average Bonchev–Trinajstić information content (AvgIpc) is 1.64. The summed E-state index contributed by atoms with van der Waals surface area (Å²) in [5, 5.41) is 0. The van der Waals surface area contributed by atoms with Crippen molar-refractivity contribution in [2.24, 2.45) is 0 Å². The van der Waals surface area contributed by atoms with Crippen LogP contribution in [-0.4, -0.2) is 23.9 Å². The van der Waals surface area contributed by atoms with Crippen molar-refractivity contribution in [1.29, 1.82) is 0 Å². The smallest absolute Gasteiger partial charge is 0.0358 e. The minimum absolute atomic E-state index is 0.796. The van der Waals surface area contributed by atoms with Crippen molar-refractivity contribution in [3.05, 3.63) is 26.5 Å². The molecule has 0 N–H and O–H groups in total. The normalized spacial score (nSPS) is 8.50. The van der Waals surface area contributed by atoms with Gasteiger partial charge >= 0.3 is 0 Å². The Balaban J connectivity index is 3.65. The SMILES string of the molecule is C=C(N([CH2-])C)N([CH2-])C. The molecule has 0 aromatic heterocycles. The largest absolute Gasteiger partial charge is 0.517 e. The third-order valence-corrected chi connectivity index (χ3v) is 0.881. The second-order valence-electron chi connectivity index (χ2n) is 1.81. The lowest BCUT2D eigenvalue weighted by Crippen LogP contribution is -2.19. The van der Waals surface area contributed by atoms with Crippen LogP contribution < -0.4 is 0 Å². The lowest BCUT2D eigenvalue weighted by atomic mass is 10.6. The van der Waals surface area contributed by atoms with E-state index in [1.54, 1.807) is 9.80 Å². The van der Waals surface area contributed by atoms with Crippen LogP contribution in [-0.2, 0) is 0 Å². The summed E-state index contributed by atoms with van der Waals surface area (Å²) in [7, 11) is 10.9. The molecule has 2 nitrogen and oxygen atoms in total. The zero-order valence-electron chi connectivity index (χ0n) is 5.52. The van der Waals surface area contributed by atoms with Crippen molar-refractivity contribution >= 4 is 0 Å². The molecule has 0 amide bonds. The summed E-state index contributed by atoms with van der Waals surface area (Å²) in [6, 6.07) is 0. The molecule has 0 fully saturated rings. The van der Waals surface area contributed by atoms with E-state index in [-0.39, 0.29) is 0 Å². The summed E-state index contributed by atoms with van der Waals surface area (Å²) in [6.45, 7) is 3.68. The van der Waals surface area contributed by atoms with E-state index in [4.69, 9.17) is 0 Å². The van der Waals surface area contributed by atoms with Gasteiger partial charge in [-0.25, -0.2) is 0 Å². The summed E-state index contributed by atoms with van der Waals surface area (Å²) in [4.78, 5) is 3.32. The van der Waals surface area contributed by atoms with Crippen LogP contribution in [0.25, 0.3) is 0 Å². The molecule has 0 rings (SSSR count). The second kappa shape index (κ2) is 2.60. The molecule has 0 aliphatic rings. The molecule has 48 valence electrons. The van der Waals surface area contributed by atoms with Crippen molar-refractivity contribution in [1.82, 2.24) is 9.80 Å². The first-order chi connectivity index (χ1) is 3.55. The molecular weight excluding hydrogens is 100 g/mol. The van der Waals surface area contributed by atoms with Gasteiger partial charge in [-0.3, -0.25) is 14.1 Å². The van der Waals surface area contributed by atoms with Gasteiger partial charge in [0.05, 0.1) is 0 Å². The molecule has 0 aliphatic heterocycles. The number of hydrogen-bond donors (Lipinski definition) is 0. The van der Waals surface area contributed by atoms with Crippen LogP contribution in [0.5, 0.6) is 0 Å². The zero-order chi connectivity index (χ0) is 6.73. The van der Waals surface area contributed by atoms with Gasteiger partial charge in [0, 0.05) is 5.82 Å². The van der Waals surface area contributed by atoms with Crippen LogP contribution in [0.15, 0.2) is 12.4 Å². The van der Waals surface area contributed by atoms with Crippen LogP contribution in [0, 0.1) is 14.1 Å². The molecule has 0 spiro atoms. The molecular formula is C6H12N2-2. The Hall–Kier alpha value is -0.660. The highest BCUT2D eigenvalue weighted by molar-refractivity contribution is 4.89. The topological polar surface area (TPSA) is 6.48 Å². The van der Waals surface area contributed by atoms with E-state index in [1.807, 2.05) is 14.1 Å². The second-order valence-corrected chi connectivity index (χ2v) is 1.81. The maximum atomic E-state index is 3.68. The van der Waals surface area contributed by atoms with Gasteiger partial charge in [-0.1, -0.05) is 6.58 Å². The predicted octanol–water partition coefficient (Wildman–Crippen LogP) is 0.904. The van der Waals surface area contributed by atoms with E-state index in [9.17, 15) is 0 Å². The van der Waals surface area contributed by atoms with Crippen LogP contribution in [0.4, 0.5) is 0 Å². The highest BCUT2D eigenvalue weighted by Crippen LogP contribution is 1.97. The van der Waals surface area contributed by atoms with Crippen LogP contribution >= 0.6 is 0 Å². The van der Waals surface area contributed by atoms with Gasteiger partial charge in [-0.15, -0.1) is 0 Å². The molecule has 8 heavy (non-hydrogen) atoms. The first-order valence-electron chi connectivity index (χ1n) is 2.33. The highest BCUT2D eigenvalue weighted by atomic mass is 15.3. The first-order valence-corrected chi connectivity index (χ1v) is 2.33. The average molecular weight is 112 g/mol. The minimum Gasteiger partial charge on any atom is -0.517 e. The van der Waals surface area contributed by atoms with Crippen LogP contribution in [0.3, 0.4) is 0 Å². The molecule has 0 aliphatic carbocycles. The molecule has 0 bridgehead atoms. The van der Waals surface area contributed by atoms with E-state index in [0.29, 0.717) is 0 Å². The first kappa shape index (κ1) is 7.34. The molecule has 0 aromatic carbocycles. The summed E-state index contributed by atoms with van der Waals surface area (Å²) < 4.78 is 0. The monoisotopic (exact) mass is 112 g/mol. The Labute approximate surface area is 51.4 Å². The summed E-state index contributed by atoms with van der Waals surface area (Å²) >= 11 is 0. The van der Waals surface area contributed by atoms with E-state index >= 15 is 0 Å². The molecule has 0 unspecified atom stereocenters. The fraction of sp³-hybridized carbons (Fsp3) is 0.333. The lowest BCUT2D eigenvalue weighted by molar-refractivity contribution is 0.391. The van der Waals surface area contributed by atoms with E-state index in [2.05, 4.69) is 20.7 Å². The number of rotatable bonds is 2. The van der Waals surface area contributed by atoms with Crippen LogP contribution in [0.1, 0.15) is 0 Å². The van der Waals surface area contributed by atoms with E-state index < -0.39 is 0 Å². The van der Waals surface area contributed by atoms with Crippen molar-refractivity contribution in [3.63, 3.8) is 0 Å². The van der Waals surface area contributed by atoms with Gasteiger partial charge in [0.15, 0.2) is 0 Å². The van der Waals surface area contributed by atoms with Crippen molar-refractivity contribution in [2.75, 3.05) is 14.1 Å². The van der Waals surface area contributed by atoms with Crippen molar-refractivity contribution in [3.8, 4) is 0 Å². The van der Waals surface area contributed by atoms with Crippen molar-refractivity contribution in [2.45, 2.75) is 0 Å². The van der Waals surface area contributed by atoms with E-state index in [1.165, 1.54) is 0 Å². The van der Waals surface area contributed by atoms with Gasteiger partial charge in [0.25, 0.3) is 0 Å². The zero-order valence-corrected chi connectivity index (χ0v) is 5.52. The molecule has 2 heteroatoms. The van der Waals surface area contributed by atoms with Gasteiger partial charge in [0.2, 0.25) is 0 Å². The Morgan fingerprint density at radius 2 is 1.50 bits per heavy atom. The molecule has 0 heterocycles. The lowest BCUT2D eigenvalue weighted by Gasteiger charge is -2.35. The third kappa shape index (κ3) is 1.87. The quantitative estimate of drug-likeness (QED) is 0.490. The van der Waals surface area contributed by atoms with Crippen LogP contribution in [0.2, 0.25) is 0 Å². The molecule has 0 atom stereocenters. The number of nitrogens with zero attached hydrogens (tertiary/aromatic N) is 2. The van der Waals surface area contributed by atoms with Crippen molar-refractivity contribution < 1.29 is 0 Å². The molecule has 0 radical (unpaired) electrons. The summed E-state index contributed by atoms with van der Waals surface area (Å²) in [5.74, 6) is 0.796. The fourth-order valence-corrected chi connectivity index (χ4v) is 0.291.